The highest BCUT2D eigenvalue weighted by Crippen LogP contribution is 2.25. The van der Waals surface area contributed by atoms with Gasteiger partial charge in [-0.25, -0.2) is 9.78 Å². The third-order valence-corrected chi connectivity index (χ3v) is 2.73. The van der Waals surface area contributed by atoms with Gasteiger partial charge < -0.3 is 15.5 Å². The maximum atomic E-state index is 12.6. The average molecular weight is 340 g/mol. The number of amides is 3. The topological polar surface area (TPSA) is 74.3 Å². The molecule has 1 aliphatic heterocycles. The summed E-state index contributed by atoms with van der Waals surface area (Å²) in [4.78, 5) is 27.2. The van der Waals surface area contributed by atoms with Crippen molar-refractivity contribution in [3.8, 4) is 0 Å². The summed E-state index contributed by atoms with van der Waals surface area (Å²) in [6.45, 7) is -0.703. The van der Waals surface area contributed by atoms with E-state index in [1.807, 2.05) is 0 Å². The first-order chi connectivity index (χ1) is 10.2. The third kappa shape index (κ3) is 4.48. The number of hydrogen-bond acceptors (Lipinski definition) is 3. The van der Waals surface area contributed by atoms with Gasteiger partial charge in [0.2, 0.25) is 5.91 Å². The number of nitrogens with zero attached hydrogens (tertiary/aromatic N) is 2. The zero-order valence-electron chi connectivity index (χ0n) is 12.3. The summed E-state index contributed by atoms with van der Waals surface area (Å²) in [6.07, 6.45) is -3.26. The maximum absolute atomic E-state index is 12.6. The number of anilines is 1. The van der Waals surface area contributed by atoms with Crippen molar-refractivity contribution in [2.24, 2.45) is 0 Å². The van der Waals surface area contributed by atoms with Gasteiger partial charge in [-0.2, -0.15) is 13.2 Å². The molecule has 22 heavy (non-hydrogen) atoms. The van der Waals surface area contributed by atoms with Gasteiger partial charge in [0.1, 0.15) is 11.9 Å². The lowest BCUT2D eigenvalue weighted by molar-refractivity contribution is -0.149. The maximum Gasteiger partial charge on any atom is 0.410 e. The van der Waals surface area contributed by atoms with Gasteiger partial charge >= 0.3 is 12.2 Å². The normalized spacial score (nSPS) is 19.8. The number of nitrogens with one attached hydrogen (secondary N) is 2. The van der Waals surface area contributed by atoms with Crippen molar-refractivity contribution >= 4 is 30.2 Å². The smallest absolute Gasteiger partial charge is 0.324 e. The Morgan fingerprint density at radius 2 is 2.32 bits per heavy atom. The number of halogens is 4. The number of urea groups is 1. The molecule has 1 fully saturated rings. The van der Waals surface area contributed by atoms with Gasteiger partial charge in [-0.1, -0.05) is 0 Å². The highest BCUT2D eigenvalue weighted by atomic mass is 35.5. The zero-order valence-corrected chi connectivity index (χ0v) is 12.2. The van der Waals surface area contributed by atoms with Crippen LogP contribution in [0.25, 0.3) is 0 Å². The standard InChI is InChI=1S/C12H13F3N4O2.ClH/c1-7(20)17-10-4-8(2-3-16-10)5-19-6-9(12(13,14)15)18-11(19)21;/h2-4,9H,5-6H2,1H3,(H,18,21)(H,16,17,20);1H/t9-;/m0./s1/i5D;/t5?,9-;. The van der Waals surface area contributed by atoms with Gasteiger partial charge in [-0.15, -0.1) is 12.4 Å². The lowest BCUT2D eigenvalue weighted by Crippen LogP contribution is -2.40. The second kappa shape index (κ2) is 6.82. The van der Waals surface area contributed by atoms with Gasteiger partial charge in [0.05, 0.1) is 7.92 Å². The highest BCUT2D eigenvalue weighted by Gasteiger charge is 2.46. The molecule has 0 radical (unpaired) electrons. The molecule has 2 atom stereocenters. The van der Waals surface area contributed by atoms with Crippen molar-refractivity contribution in [2.45, 2.75) is 25.7 Å². The van der Waals surface area contributed by atoms with Crippen LogP contribution in [0.3, 0.4) is 0 Å². The molecule has 6 nitrogen and oxygen atoms in total. The minimum absolute atomic E-state index is 0. The van der Waals surface area contributed by atoms with E-state index >= 15 is 0 Å². The Morgan fingerprint density at radius 1 is 1.64 bits per heavy atom. The van der Waals surface area contributed by atoms with E-state index in [9.17, 15) is 22.8 Å². The summed E-state index contributed by atoms with van der Waals surface area (Å²) < 4.78 is 45.8. The van der Waals surface area contributed by atoms with Gasteiger partial charge in [-0.05, 0) is 17.7 Å². The molecule has 0 saturated carbocycles. The van der Waals surface area contributed by atoms with Crippen LogP contribution in [0.4, 0.5) is 23.8 Å². The number of pyridine rings is 1. The molecule has 0 aromatic carbocycles. The average Bonchev–Trinajstić information content (AvgIpc) is 2.79. The molecule has 10 heteroatoms. The van der Waals surface area contributed by atoms with E-state index in [0.717, 1.165) is 4.90 Å². The van der Waals surface area contributed by atoms with Crippen molar-refractivity contribution in [1.82, 2.24) is 15.2 Å². The fourth-order valence-corrected chi connectivity index (χ4v) is 1.81. The number of alkyl halides is 3. The summed E-state index contributed by atoms with van der Waals surface area (Å²) in [7, 11) is 0. The largest absolute Gasteiger partial charge is 0.410 e. The Kier molecular flexibility index (Phi) is 5.07. The number of rotatable bonds is 3. The van der Waals surface area contributed by atoms with Crippen LogP contribution in [0.15, 0.2) is 18.3 Å². The van der Waals surface area contributed by atoms with E-state index in [1.165, 1.54) is 25.3 Å². The van der Waals surface area contributed by atoms with Crippen LogP contribution in [0.1, 0.15) is 13.9 Å². The summed E-state index contributed by atoms with van der Waals surface area (Å²) in [6, 6.07) is -0.213. The first kappa shape index (κ1) is 16.3. The van der Waals surface area contributed by atoms with E-state index in [1.54, 1.807) is 5.32 Å². The molecular formula is C12H14ClF3N4O2. The molecule has 1 aromatic rings. The van der Waals surface area contributed by atoms with Crippen LogP contribution in [0.5, 0.6) is 0 Å². The molecule has 1 unspecified atom stereocenters. The lowest BCUT2D eigenvalue weighted by Gasteiger charge is -2.16. The lowest BCUT2D eigenvalue weighted by atomic mass is 10.2. The second-order valence-electron chi connectivity index (χ2n) is 4.48. The zero-order chi connectivity index (χ0) is 16.5. The molecule has 2 heterocycles. The van der Waals surface area contributed by atoms with Crippen LogP contribution in [0.2, 0.25) is 0 Å². The predicted molar refractivity (Wildman–Crippen MR) is 74.6 cm³/mol. The van der Waals surface area contributed by atoms with Crippen LogP contribution in [0, 0.1) is 0 Å². The third-order valence-electron chi connectivity index (χ3n) is 2.73. The molecule has 122 valence electrons. The van der Waals surface area contributed by atoms with Crippen molar-refractivity contribution in [3.63, 3.8) is 0 Å². The summed E-state index contributed by atoms with van der Waals surface area (Å²) in [5.41, 5.74) is 0.247. The molecule has 3 amide bonds. The molecule has 1 aliphatic rings. The van der Waals surface area contributed by atoms with E-state index < -0.39 is 31.3 Å². The molecule has 0 spiro atoms. The van der Waals surface area contributed by atoms with Gasteiger partial charge in [0, 0.05) is 19.6 Å². The Labute approximate surface area is 131 Å². The fourth-order valence-electron chi connectivity index (χ4n) is 1.81. The van der Waals surface area contributed by atoms with Crippen LogP contribution >= 0.6 is 12.4 Å². The van der Waals surface area contributed by atoms with Gasteiger partial charge in [0.15, 0.2) is 0 Å². The number of hydrogen-bond donors (Lipinski definition) is 2. The van der Waals surface area contributed by atoms with E-state index in [0.29, 0.717) is 0 Å². The number of carbonyl (C=O) groups is 2. The minimum Gasteiger partial charge on any atom is -0.324 e. The Morgan fingerprint density at radius 3 is 2.86 bits per heavy atom. The molecular weight excluding hydrogens is 325 g/mol. The number of aromatic nitrogens is 1. The van der Waals surface area contributed by atoms with Crippen LogP contribution < -0.4 is 10.6 Å². The van der Waals surface area contributed by atoms with E-state index in [2.05, 4.69) is 10.3 Å². The summed E-state index contributed by atoms with van der Waals surface area (Å²) in [5, 5.41) is 4.20. The summed E-state index contributed by atoms with van der Waals surface area (Å²) in [5.74, 6) is -0.212. The predicted octanol–water partition coefficient (Wildman–Crippen LogP) is 1.92. The molecule has 2 N–H and O–H groups in total. The monoisotopic (exact) mass is 339 g/mol. The SMILES string of the molecule is Cl.[2H]C(c1ccnc(NC(C)=O)c1)N1C[C@@H](C(F)(F)F)NC1=O. The van der Waals surface area contributed by atoms with E-state index in [4.69, 9.17) is 1.37 Å². The van der Waals surface area contributed by atoms with Crippen molar-refractivity contribution in [1.29, 1.82) is 0 Å². The molecule has 2 rings (SSSR count). The first-order valence-corrected chi connectivity index (χ1v) is 5.98. The highest BCUT2D eigenvalue weighted by molar-refractivity contribution is 5.87. The first-order valence-electron chi connectivity index (χ1n) is 6.56. The molecule has 0 aliphatic carbocycles. The Balaban J connectivity index is 0.00000264. The van der Waals surface area contributed by atoms with Gasteiger partial charge in [0.25, 0.3) is 0 Å². The second-order valence-corrected chi connectivity index (χ2v) is 4.48. The molecule has 1 aromatic heterocycles. The minimum atomic E-state index is -4.57. The summed E-state index contributed by atoms with van der Waals surface area (Å²) >= 11 is 0. The fraction of sp³-hybridized carbons (Fsp3) is 0.417. The van der Waals surface area contributed by atoms with Gasteiger partial charge in [-0.3, -0.25) is 4.79 Å². The van der Waals surface area contributed by atoms with Crippen LogP contribution in [-0.2, 0) is 11.3 Å². The quantitative estimate of drug-likeness (QED) is 0.883. The molecule has 0 bridgehead atoms. The van der Waals surface area contributed by atoms with Crippen molar-refractivity contribution in [2.75, 3.05) is 11.9 Å². The number of carbonyl (C=O) groups excluding carboxylic acids is 2. The Bertz CT molecular complexity index is 602. The van der Waals surface area contributed by atoms with Crippen LogP contribution in [-0.4, -0.2) is 40.6 Å². The van der Waals surface area contributed by atoms with E-state index in [-0.39, 0.29) is 29.7 Å². The molecule has 1 saturated heterocycles. The van der Waals surface area contributed by atoms with Crippen molar-refractivity contribution in [3.05, 3.63) is 23.9 Å². The Hall–Kier alpha value is -2.03. The van der Waals surface area contributed by atoms with Crippen molar-refractivity contribution < 1.29 is 24.1 Å².